The first-order valence-corrected chi connectivity index (χ1v) is 6.37. The molecule has 0 saturated carbocycles. The van der Waals surface area contributed by atoms with E-state index in [0.29, 0.717) is 13.0 Å². The van der Waals surface area contributed by atoms with Gasteiger partial charge >= 0.3 is 0 Å². The van der Waals surface area contributed by atoms with Crippen LogP contribution in [0.1, 0.15) is 31.4 Å². The number of nitrogens with two attached hydrogens (primary N) is 1. The minimum atomic E-state index is -0.659. The highest BCUT2D eigenvalue weighted by Crippen LogP contribution is 2.11. The Morgan fingerprint density at radius 2 is 2.06 bits per heavy atom. The third-order valence-corrected chi connectivity index (χ3v) is 3.06. The molecule has 1 aromatic rings. The first-order valence-electron chi connectivity index (χ1n) is 6.37. The Hall–Kier alpha value is -1.39. The predicted molar refractivity (Wildman–Crippen MR) is 71.9 cm³/mol. The zero-order chi connectivity index (χ0) is 13.4. The molecule has 4 nitrogen and oxygen atoms in total. The SMILES string of the molecule is CCC(CN)CC(=O)NCC(O)c1ccccc1. The maximum absolute atomic E-state index is 11.6. The first kappa shape index (κ1) is 14.7. The molecule has 0 aliphatic heterocycles. The van der Waals surface area contributed by atoms with Crippen LogP contribution < -0.4 is 11.1 Å². The topological polar surface area (TPSA) is 75.4 Å². The standard InChI is InChI=1S/C14H22N2O2/c1-2-11(9-15)8-14(18)16-10-13(17)12-6-4-3-5-7-12/h3-7,11,13,17H,2,8-10,15H2,1H3,(H,16,18). The summed E-state index contributed by atoms with van der Waals surface area (Å²) in [5, 5.41) is 12.6. The third kappa shape index (κ3) is 4.85. The van der Waals surface area contributed by atoms with E-state index in [1.165, 1.54) is 0 Å². The molecule has 0 saturated heterocycles. The molecule has 0 aliphatic carbocycles. The van der Waals surface area contributed by atoms with Crippen LogP contribution in [0.25, 0.3) is 0 Å². The Morgan fingerprint density at radius 3 is 2.61 bits per heavy atom. The summed E-state index contributed by atoms with van der Waals surface area (Å²) in [6.07, 6.45) is 0.660. The van der Waals surface area contributed by atoms with Gasteiger partial charge in [0.05, 0.1) is 6.10 Å². The summed E-state index contributed by atoms with van der Waals surface area (Å²) in [5.74, 6) is 0.168. The average molecular weight is 250 g/mol. The van der Waals surface area contributed by atoms with Crippen molar-refractivity contribution < 1.29 is 9.90 Å². The monoisotopic (exact) mass is 250 g/mol. The van der Waals surface area contributed by atoms with E-state index in [1.54, 1.807) is 0 Å². The number of benzene rings is 1. The van der Waals surface area contributed by atoms with Gasteiger partial charge in [-0.05, 0) is 18.0 Å². The van der Waals surface area contributed by atoms with E-state index in [2.05, 4.69) is 5.32 Å². The molecular formula is C14H22N2O2. The van der Waals surface area contributed by atoms with E-state index in [1.807, 2.05) is 37.3 Å². The molecule has 0 spiro atoms. The molecule has 4 N–H and O–H groups in total. The van der Waals surface area contributed by atoms with Crippen molar-refractivity contribution in [2.45, 2.75) is 25.9 Å². The lowest BCUT2D eigenvalue weighted by molar-refractivity contribution is -0.122. The number of aliphatic hydroxyl groups excluding tert-OH is 1. The Morgan fingerprint density at radius 1 is 1.39 bits per heavy atom. The van der Waals surface area contributed by atoms with Crippen molar-refractivity contribution in [2.75, 3.05) is 13.1 Å². The van der Waals surface area contributed by atoms with Crippen LogP contribution in [0.5, 0.6) is 0 Å². The van der Waals surface area contributed by atoms with Gasteiger partial charge in [-0.15, -0.1) is 0 Å². The summed E-state index contributed by atoms with van der Waals surface area (Å²) in [4.78, 5) is 11.6. The number of hydrogen-bond acceptors (Lipinski definition) is 3. The highest BCUT2D eigenvalue weighted by molar-refractivity contribution is 5.76. The molecule has 4 heteroatoms. The molecule has 18 heavy (non-hydrogen) atoms. The molecule has 0 aliphatic rings. The van der Waals surface area contributed by atoms with Crippen molar-refractivity contribution in [1.82, 2.24) is 5.32 Å². The summed E-state index contributed by atoms with van der Waals surface area (Å²) in [5.41, 5.74) is 6.36. The second kappa shape index (κ2) is 7.84. The van der Waals surface area contributed by atoms with E-state index >= 15 is 0 Å². The zero-order valence-corrected chi connectivity index (χ0v) is 10.8. The molecule has 0 aromatic heterocycles. The smallest absolute Gasteiger partial charge is 0.220 e. The van der Waals surface area contributed by atoms with E-state index in [0.717, 1.165) is 12.0 Å². The third-order valence-electron chi connectivity index (χ3n) is 3.06. The van der Waals surface area contributed by atoms with Gasteiger partial charge in [0.2, 0.25) is 5.91 Å². The van der Waals surface area contributed by atoms with Crippen LogP contribution in [0.15, 0.2) is 30.3 Å². The van der Waals surface area contributed by atoms with Crippen molar-refractivity contribution in [1.29, 1.82) is 0 Å². The van der Waals surface area contributed by atoms with Gasteiger partial charge in [-0.2, -0.15) is 0 Å². The number of hydrogen-bond donors (Lipinski definition) is 3. The molecule has 0 bridgehead atoms. The van der Waals surface area contributed by atoms with E-state index in [9.17, 15) is 9.90 Å². The predicted octanol–water partition coefficient (Wildman–Crippen LogP) is 1.21. The summed E-state index contributed by atoms with van der Waals surface area (Å²) in [7, 11) is 0. The van der Waals surface area contributed by atoms with Gasteiger partial charge in [-0.3, -0.25) is 4.79 Å². The fraction of sp³-hybridized carbons (Fsp3) is 0.500. The molecule has 1 aromatic carbocycles. The van der Waals surface area contributed by atoms with E-state index in [4.69, 9.17) is 5.73 Å². The van der Waals surface area contributed by atoms with Gasteiger partial charge in [0.1, 0.15) is 0 Å². The van der Waals surface area contributed by atoms with Crippen molar-refractivity contribution >= 4 is 5.91 Å². The Balaban J connectivity index is 2.34. The van der Waals surface area contributed by atoms with Gasteiger partial charge in [-0.1, -0.05) is 43.7 Å². The van der Waals surface area contributed by atoms with Crippen LogP contribution in [0, 0.1) is 5.92 Å². The van der Waals surface area contributed by atoms with E-state index < -0.39 is 6.10 Å². The largest absolute Gasteiger partial charge is 0.387 e. The minimum absolute atomic E-state index is 0.0534. The van der Waals surface area contributed by atoms with Crippen molar-refractivity contribution in [3.05, 3.63) is 35.9 Å². The van der Waals surface area contributed by atoms with Gasteiger partial charge in [0.15, 0.2) is 0 Å². The summed E-state index contributed by atoms with van der Waals surface area (Å²) < 4.78 is 0. The summed E-state index contributed by atoms with van der Waals surface area (Å²) in [6.45, 7) is 2.78. The second-order valence-electron chi connectivity index (χ2n) is 4.44. The average Bonchev–Trinajstić information content (AvgIpc) is 2.43. The van der Waals surface area contributed by atoms with E-state index in [-0.39, 0.29) is 18.4 Å². The number of amides is 1. The highest BCUT2D eigenvalue weighted by Gasteiger charge is 2.12. The molecule has 1 amide bonds. The van der Waals surface area contributed by atoms with Crippen LogP contribution in [0.4, 0.5) is 0 Å². The number of nitrogens with one attached hydrogen (secondary N) is 1. The summed E-state index contributed by atoms with van der Waals surface area (Å²) in [6, 6.07) is 9.29. The lowest BCUT2D eigenvalue weighted by Gasteiger charge is -2.15. The number of carbonyl (C=O) groups excluding carboxylic acids is 1. The Kier molecular flexibility index (Phi) is 6.39. The lowest BCUT2D eigenvalue weighted by atomic mass is 10.0. The first-order chi connectivity index (χ1) is 8.67. The normalized spacial score (nSPS) is 13.9. The molecule has 0 heterocycles. The van der Waals surface area contributed by atoms with Crippen molar-refractivity contribution in [3.8, 4) is 0 Å². The second-order valence-corrected chi connectivity index (χ2v) is 4.44. The van der Waals surface area contributed by atoms with Gasteiger partial charge in [-0.25, -0.2) is 0 Å². The number of carbonyl (C=O) groups is 1. The molecule has 0 fully saturated rings. The summed E-state index contributed by atoms with van der Waals surface area (Å²) >= 11 is 0. The maximum Gasteiger partial charge on any atom is 0.220 e. The molecule has 2 unspecified atom stereocenters. The molecule has 1 rings (SSSR count). The van der Waals surface area contributed by atoms with Gasteiger partial charge in [0.25, 0.3) is 0 Å². The van der Waals surface area contributed by atoms with Crippen molar-refractivity contribution in [3.63, 3.8) is 0 Å². The number of aliphatic hydroxyl groups is 1. The highest BCUT2D eigenvalue weighted by atomic mass is 16.3. The van der Waals surface area contributed by atoms with Crippen LogP contribution in [0.3, 0.4) is 0 Å². The minimum Gasteiger partial charge on any atom is -0.387 e. The fourth-order valence-electron chi connectivity index (χ4n) is 1.73. The molecular weight excluding hydrogens is 228 g/mol. The van der Waals surface area contributed by atoms with Crippen LogP contribution in [0.2, 0.25) is 0 Å². The zero-order valence-electron chi connectivity index (χ0n) is 10.8. The van der Waals surface area contributed by atoms with Gasteiger partial charge in [0, 0.05) is 13.0 Å². The quantitative estimate of drug-likeness (QED) is 0.681. The van der Waals surface area contributed by atoms with Crippen LogP contribution in [-0.4, -0.2) is 24.1 Å². The lowest BCUT2D eigenvalue weighted by Crippen LogP contribution is -2.31. The Labute approximate surface area is 108 Å². The van der Waals surface area contributed by atoms with Crippen LogP contribution in [-0.2, 0) is 4.79 Å². The number of rotatable bonds is 7. The fourth-order valence-corrected chi connectivity index (χ4v) is 1.73. The van der Waals surface area contributed by atoms with Gasteiger partial charge < -0.3 is 16.2 Å². The maximum atomic E-state index is 11.6. The molecule has 2 atom stereocenters. The molecule has 0 radical (unpaired) electrons. The molecule has 100 valence electrons. The van der Waals surface area contributed by atoms with Crippen molar-refractivity contribution in [2.24, 2.45) is 11.7 Å². The Bertz CT molecular complexity index is 350. The van der Waals surface area contributed by atoms with Crippen LogP contribution >= 0.6 is 0 Å².